The molecule has 1 amide bonds. The third kappa shape index (κ3) is 4.29. The molecule has 0 aliphatic heterocycles. The molecule has 116 valence electrons. The number of anilines is 1. The van der Waals surface area contributed by atoms with E-state index < -0.39 is 0 Å². The summed E-state index contributed by atoms with van der Waals surface area (Å²) in [6.45, 7) is 5.39. The summed E-state index contributed by atoms with van der Waals surface area (Å²) < 4.78 is 10.8. The molecule has 0 atom stereocenters. The lowest BCUT2D eigenvalue weighted by molar-refractivity contribution is -0.118. The van der Waals surface area contributed by atoms with Gasteiger partial charge in [-0.15, -0.1) is 16.8 Å². The number of carbonyl (C=O) groups excluding carboxylic acids is 1. The van der Waals surface area contributed by atoms with E-state index in [4.69, 9.17) is 9.47 Å². The summed E-state index contributed by atoms with van der Waals surface area (Å²) in [6.07, 6.45) is 2.56. The first-order valence-corrected chi connectivity index (χ1v) is 7.44. The molecule has 0 saturated carbocycles. The van der Waals surface area contributed by atoms with Gasteiger partial charge in [-0.2, -0.15) is 0 Å². The van der Waals surface area contributed by atoms with E-state index in [9.17, 15) is 4.79 Å². The summed E-state index contributed by atoms with van der Waals surface area (Å²) in [5.74, 6) is 0.797. The van der Waals surface area contributed by atoms with Crippen LogP contribution in [0.25, 0.3) is 0 Å². The molecule has 0 spiro atoms. The lowest BCUT2D eigenvalue weighted by Crippen LogP contribution is -2.20. The highest BCUT2D eigenvalue weighted by atomic mass is 32.1. The number of methoxy groups -OCH3 is 1. The van der Waals surface area contributed by atoms with E-state index in [-0.39, 0.29) is 12.5 Å². The Morgan fingerprint density at radius 1 is 1.41 bits per heavy atom. The SMILES string of the molecule is C=CCc1ccc(OCC(=O)Nc2nnc(C)s2)c(OC)c1. The zero-order chi connectivity index (χ0) is 15.9. The highest BCUT2D eigenvalue weighted by molar-refractivity contribution is 7.15. The van der Waals surface area contributed by atoms with E-state index >= 15 is 0 Å². The van der Waals surface area contributed by atoms with Crippen LogP contribution in [0.2, 0.25) is 0 Å². The van der Waals surface area contributed by atoms with Gasteiger partial charge in [0.1, 0.15) is 5.01 Å². The Balaban J connectivity index is 1.95. The summed E-state index contributed by atoms with van der Waals surface area (Å²) in [6, 6.07) is 5.55. The molecule has 7 heteroatoms. The Bertz CT molecular complexity index is 670. The van der Waals surface area contributed by atoms with Crippen LogP contribution in [-0.4, -0.2) is 29.8 Å². The number of allylic oxidation sites excluding steroid dienone is 1. The number of hydrogen-bond donors (Lipinski definition) is 1. The van der Waals surface area contributed by atoms with E-state index in [1.165, 1.54) is 11.3 Å². The molecule has 2 aromatic rings. The van der Waals surface area contributed by atoms with E-state index in [1.807, 2.05) is 25.1 Å². The van der Waals surface area contributed by atoms with Crippen molar-refractivity contribution < 1.29 is 14.3 Å². The van der Waals surface area contributed by atoms with Gasteiger partial charge in [0, 0.05) is 0 Å². The van der Waals surface area contributed by atoms with Crippen molar-refractivity contribution in [1.82, 2.24) is 10.2 Å². The van der Waals surface area contributed by atoms with E-state index in [1.54, 1.807) is 13.2 Å². The Labute approximate surface area is 132 Å². The quantitative estimate of drug-likeness (QED) is 0.794. The van der Waals surface area contributed by atoms with Crippen molar-refractivity contribution >= 4 is 22.4 Å². The molecule has 0 aliphatic rings. The van der Waals surface area contributed by atoms with Crippen LogP contribution in [0.3, 0.4) is 0 Å². The maximum atomic E-state index is 11.8. The normalized spacial score (nSPS) is 10.1. The minimum Gasteiger partial charge on any atom is -0.493 e. The van der Waals surface area contributed by atoms with Crippen LogP contribution in [0.1, 0.15) is 10.6 Å². The first kappa shape index (κ1) is 16.0. The van der Waals surface area contributed by atoms with Crippen LogP contribution in [0.5, 0.6) is 11.5 Å². The van der Waals surface area contributed by atoms with Gasteiger partial charge in [-0.1, -0.05) is 23.5 Å². The summed E-state index contributed by atoms with van der Waals surface area (Å²) >= 11 is 1.31. The topological polar surface area (TPSA) is 73.3 Å². The number of ether oxygens (including phenoxy) is 2. The summed E-state index contributed by atoms with van der Waals surface area (Å²) in [5, 5.41) is 11.5. The number of hydrogen-bond acceptors (Lipinski definition) is 6. The third-order valence-corrected chi connectivity index (χ3v) is 3.49. The van der Waals surface area contributed by atoms with Crippen LogP contribution >= 0.6 is 11.3 Å². The average Bonchev–Trinajstić information content (AvgIpc) is 2.91. The zero-order valence-corrected chi connectivity index (χ0v) is 13.3. The lowest BCUT2D eigenvalue weighted by atomic mass is 10.1. The van der Waals surface area contributed by atoms with Crippen molar-refractivity contribution in [2.75, 3.05) is 19.0 Å². The molecule has 0 bridgehead atoms. The molecule has 0 radical (unpaired) electrons. The average molecular weight is 319 g/mol. The number of aromatic nitrogens is 2. The van der Waals surface area contributed by atoms with Gasteiger partial charge in [-0.25, -0.2) is 0 Å². The predicted octanol–water partition coefficient (Wildman–Crippen LogP) is 2.60. The van der Waals surface area contributed by atoms with E-state index in [0.717, 1.165) is 17.0 Å². The van der Waals surface area contributed by atoms with Gasteiger partial charge < -0.3 is 9.47 Å². The van der Waals surface area contributed by atoms with Crippen LogP contribution < -0.4 is 14.8 Å². The predicted molar refractivity (Wildman–Crippen MR) is 85.7 cm³/mol. The highest BCUT2D eigenvalue weighted by Gasteiger charge is 2.10. The molecule has 1 aromatic carbocycles. The van der Waals surface area contributed by atoms with E-state index in [0.29, 0.717) is 16.6 Å². The summed E-state index contributed by atoms with van der Waals surface area (Å²) in [5.41, 5.74) is 1.06. The molecular weight excluding hydrogens is 302 g/mol. The van der Waals surface area contributed by atoms with Gasteiger partial charge in [0.2, 0.25) is 5.13 Å². The van der Waals surface area contributed by atoms with Gasteiger partial charge in [0.25, 0.3) is 5.91 Å². The number of carbonyl (C=O) groups is 1. The van der Waals surface area contributed by atoms with Gasteiger partial charge in [-0.3, -0.25) is 10.1 Å². The molecule has 6 nitrogen and oxygen atoms in total. The smallest absolute Gasteiger partial charge is 0.264 e. The summed E-state index contributed by atoms with van der Waals surface area (Å²) in [4.78, 5) is 11.8. The highest BCUT2D eigenvalue weighted by Crippen LogP contribution is 2.28. The Hall–Kier alpha value is -2.41. The minimum absolute atomic E-state index is 0.129. The molecule has 0 saturated heterocycles. The maximum absolute atomic E-state index is 11.8. The Morgan fingerprint density at radius 2 is 2.23 bits per heavy atom. The standard InChI is InChI=1S/C15H17N3O3S/c1-4-5-11-6-7-12(13(8-11)20-3)21-9-14(19)16-15-18-17-10(2)22-15/h4,6-8H,1,5,9H2,2-3H3,(H,16,18,19). The number of aryl methyl sites for hydroxylation is 1. The molecule has 2 rings (SSSR count). The molecular formula is C15H17N3O3S. The van der Waals surface area contributed by atoms with Crippen LogP contribution in [0.4, 0.5) is 5.13 Å². The van der Waals surface area contributed by atoms with Gasteiger partial charge in [0.05, 0.1) is 7.11 Å². The maximum Gasteiger partial charge on any atom is 0.264 e. The second-order valence-corrected chi connectivity index (χ2v) is 5.62. The fraction of sp³-hybridized carbons (Fsp3) is 0.267. The fourth-order valence-electron chi connectivity index (χ4n) is 1.77. The number of rotatable bonds is 7. The zero-order valence-electron chi connectivity index (χ0n) is 12.5. The molecule has 0 unspecified atom stereocenters. The first-order chi connectivity index (χ1) is 10.6. The van der Waals surface area contributed by atoms with E-state index in [2.05, 4.69) is 22.1 Å². The monoisotopic (exact) mass is 319 g/mol. The van der Waals surface area contributed by atoms with Crippen molar-refractivity contribution in [3.8, 4) is 11.5 Å². The van der Waals surface area contributed by atoms with Crippen molar-refractivity contribution in [2.45, 2.75) is 13.3 Å². The van der Waals surface area contributed by atoms with Crippen LogP contribution in [0, 0.1) is 6.92 Å². The Kier molecular flexibility index (Phi) is 5.48. The molecule has 22 heavy (non-hydrogen) atoms. The first-order valence-electron chi connectivity index (χ1n) is 6.63. The van der Waals surface area contributed by atoms with Crippen molar-refractivity contribution in [2.24, 2.45) is 0 Å². The number of nitrogens with one attached hydrogen (secondary N) is 1. The summed E-state index contributed by atoms with van der Waals surface area (Å²) in [7, 11) is 1.56. The molecule has 1 heterocycles. The second kappa shape index (κ2) is 7.56. The van der Waals surface area contributed by atoms with Crippen molar-refractivity contribution in [1.29, 1.82) is 0 Å². The van der Waals surface area contributed by atoms with Crippen molar-refractivity contribution in [3.63, 3.8) is 0 Å². The minimum atomic E-state index is -0.298. The number of nitrogens with zero attached hydrogens (tertiary/aromatic N) is 2. The van der Waals surface area contributed by atoms with Crippen LogP contribution in [-0.2, 0) is 11.2 Å². The molecule has 0 aliphatic carbocycles. The largest absolute Gasteiger partial charge is 0.493 e. The third-order valence-electron chi connectivity index (χ3n) is 2.74. The number of benzene rings is 1. The van der Waals surface area contributed by atoms with Crippen molar-refractivity contribution in [3.05, 3.63) is 41.4 Å². The van der Waals surface area contributed by atoms with Crippen LogP contribution in [0.15, 0.2) is 30.9 Å². The Morgan fingerprint density at radius 3 is 2.86 bits per heavy atom. The molecule has 0 fully saturated rings. The molecule has 1 aromatic heterocycles. The number of amides is 1. The molecule has 1 N–H and O–H groups in total. The van der Waals surface area contributed by atoms with Gasteiger partial charge in [-0.05, 0) is 31.0 Å². The second-order valence-electron chi connectivity index (χ2n) is 4.44. The lowest BCUT2D eigenvalue weighted by Gasteiger charge is -2.11. The van der Waals surface area contributed by atoms with Gasteiger partial charge in [0.15, 0.2) is 18.1 Å². The fourth-order valence-corrected chi connectivity index (χ4v) is 2.38. The van der Waals surface area contributed by atoms with Gasteiger partial charge >= 0.3 is 0 Å².